The summed E-state index contributed by atoms with van der Waals surface area (Å²) in [5.41, 5.74) is 12.9. The summed E-state index contributed by atoms with van der Waals surface area (Å²) < 4.78 is 12.6. The van der Waals surface area contributed by atoms with Gasteiger partial charge in [-0.15, -0.1) is 11.3 Å². The number of hydrogen-bond donors (Lipinski definition) is 4. The first-order valence-corrected chi connectivity index (χ1v) is 23.8. The zero-order chi connectivity index (χ0) is 45.5. The molecule has 3 saturated carbocycles. The van der Waals surface area contributed by atoms with Gasteiger partial charge in [-0.05, 0) is 132 Å². The van der Waals surface area contributed by atoms with Gasteiger partial charge in [-0.1, -0.05) is 44.0 Å². The predicted molar refractivity (Wildman–Crippen MR) is 249 cm³/mol. The molecule has 0 bridgehead atoms. The van der Waals surface area contributed by atoms with Crippen LogP contribution >= 0.6 is 11.3 Å². The average molecular weight is 890 g/mol. The van der Waals surface area contributed by atoms with Crippen LogP contribution in [0.1, 0.15) is 127 Å². The molecular weight excluding hydrogens is 827 g/mol. The van der Waals surface area contributed by atoms with Crippen molar-refractivity contribution in [1.29, 1.82) is 5.26 Å². The average Bonchev–Trinajstić information content (AvgIpc) is 4.19. The van der Waals surface area contributed by atoms with Gasteiger partial charge in [-0.25, -0.2) is 9.97 Å². The number of primary amides is 1. The second kappa shape index (κ2) is 20.6. The number of rotatable bonds is 21. The zero-order valence-electron chi connectivity index (χ0n) is 37.8. The molecule has 4 aromatic rings. The summed E-state index contributed by atoms with van der Waals surface area (Å²) >= 11 is 1.55. The number of allylic oxidation sites excluding steroid dienone is 2. The number of hydrogen-bond acceptors (Lipinski definition) is 12. The minimum absolute atomic E-state index is 0.0372. The van der Waals surface area contributed by atoms with Gasteiger partial charge in [0.15, 0.2) is 5.78 Å². The molecule has 0 spiro atoms. The van der Waals surface area contributed by atoms with Crippen LogP contribution in [0, 0.1) is 41.9 Å². The summed E-state index contributed by atoms with van der Waals surface area (Å²) in [6.07, 6.45) is 13.3. The summed E-state index contributed by atoms with van der Waals surface area (Å²) in [5, 5.41) is 27.7. The van der Waals surface area contributed by atoms with Gasteiger partial charge < -0.3 is 20.5 Å². The second-order valence-corrected chi connectivity index (χ2v) is 19.6. The van der Waals surface area contributed by atoms with Crippen molar-refractivity contribution in [3.8, 4) is 28.3 Å². The van der Waals surface area contributed by atoms with Crippen LogP contribution in [-0.2, 0) is 14.4 Å². The number of pyridine rings is 1. The largest absolute Gasteiger partial charge is 0.496 e. The molecule has 6 atom stereocenters. The van der Waals surface area contributed by atoms with Gasteiger partial charge in [0.1, 0.15) is 22.2 Å². The molecule has 64 heavy (non-hydrogen) atoms. The van der Waals surface area contributed by atoms with Gasteiger partial charge in [0, 0.05) is 46.3 Å². The molecule has 13 nitrogen and oxygen atoms in total. The first-order valence-electron chi connectivity index (χ1n) is 22.9. The number of aryl methyl sites for hydroxylation is 1. The van der Waals surface area contributed by atoms with Gasteiger partial charge in [-0.3, -0.25) is 25.0 Å². The highest BCUT2D eigenvalue weighted by atomic mass is 32.1. The number of ether oxygens (including phenoxy) is 2. The number of ketones is 1. The summed E-state index contributed by atoms with van der Waals surface area (Å²) in [6, 6.07) is 14.7. The number of nitriles is 1. The van der Waals surface area contributed by atoms with E-state index in [0.717, 1.165) is 88.7 Å². The maximum absolute atomic E-state index is 14.4. The Labute approximate surface area is 380 Å². The van der Waals surface area contributed by atoms with Gasteiger partial charge in [-0.2, -0.15) is 5.26 Å². The van der Waals surface area contributed by atoms with Crippen LogP contribution in [0.25, 0.3) is 21.6 Å². The summed E-state index contributed by atoms with van der Waals surface area (Å²) in [6.45, 7) is 8.14. The third-order valence-electron chi connectivity index (χ3n) is 13.3. The van der Waals surface area contributed by atoms with Crippen LogP contribution in [-0.4, -0.2) is 62.7 Å². The number of anilines is 1. The molecule has 0 saturated heterocycles. The Morgan fingerprint density at radius 3 is 2.53 bits per heavy atom. The fourth-order valence-corrected chi connectivity index (χ4v) is 9.68. The lowest BCUT2D eigenvalue weighted by atomic mass is 9.89. The fraction of sp³-hybridized carbons (Fsp3) is 0.520. The molecule has 3 aliphatic rings. The monoisotopic (exact) mass is 889 g/mol. The van der Waals surface area contributed by atoms with Crippen molar-refractivity contribution >= 4 is 45.5 Å². The molecule has 2 aromatic carbocycles. The quantitative estimate of drug-likeness (QED) is 0.0270. The second-order valence-electron chi connectivity index (χ2n) is 18.7. The summed E-state index contributed by atoms with van der Waals surface area (Å²) in [4.78, 5) is 49.7. The Morgan fingerprint density at radius 2 is 1.84 bits per heavy atom. The number of benzene rings is 2. The Bertz CT molecular complexity index is 2370. The Balaban J connectivity index is 1.01. The molecule has 2 aromatic heterocycles. The van der Waals surface area contributed by atoms with E-state index in [-0.39, 0.29) is 52.9 Å². The third-order valence-corrected chi connectivity index (χ3v) is 14.2. The number of aromatic nitrogens is 2. The number of carbonyl (C=O) groups is 3. The van der Waals surface area contributed by atoms with Crippen molar-refractivity contribution < 1.29 is 29.1 Å². The smallest absolute Gasteiger partial charge is 0.239 e. The first kappa shape index (κ1) is 46.6. The van der Waals surface area contributed by atoms with Crippen molar-refractivity contribution in [2.75, 3.05) is 12.4 Å². The molecule has 2 heterocycles. The predicted octanol–water partition coefficient (Wildman–Crippen LogP) is 9.57. The van der Waals surface area contributed by atoms with Crippen LogP contribution in [0.4, 0.5) is 5.69 Å². The number of thiazole rings is 1. The Kier molecular flexibility index (Phi) is 15.0. The van der Waals surface area contributed by atoms with E-state index >= 15 is 0 Å². The molecule has 14 heteroatoms. The summed E-state index contributed by atoms with van der Waals surface area (Å²) in [5.74, 6) is 0.907. The highest BCUT2D eigenvalue weighted by Crippen LogP contribution is 2.43. The van der Waals surface area contributed by atoms with E-state index in [0.29, 0.717) is 55.5 Å². The molecule has 2 amide bonds. The van der Waals surface area contributed by atoms with Gasteiger partial charge in [0.25, 0.3) is 0 Å². The fourth-order valence-electron chi connectivity index (χ4n) is 8.74. The van der Waals surface area contributed by atoms with Crippen LogP contribution < -0.4 is 25.9 Å². The number of nitrogens with zero attached hydrogens (tertiary/aromatic N) is 4. The van der Waals surface area contributed by atoms with Crippen LogP contribution in [0.5, 0.6) is 11.5 Å². The number of hydrazine groups is 1. The molecule has 0 radical (unpaired) electrons. The minimum atomic E-state index is -0.438. The molecule has 1 unspecified atom stereocenters. The molecule has 7 rings (SSSR count). The lowest BCUT2D eigenvalue weighted by Gasteiger charge is -2.25. The zero-order valence-corrected chi connectivity index (χ0v) is 38.6. The topological polar surface area (TPSA) is 193 Å². The normalized spacial score (nSPS) is 21.9. The maximum atomic E-state index is 14.4. The number of nitrogens with one attached hydrogen (secondary N) is 2. The number of nitrogens with two attached hydrogens (primary N) is 1. The van der Waals surface area contributed by atoms with E-state index < -0.39 is 12.0 Å². The van der Waals surface area contributed by atoms with Crippen molar-refractivity contribution in [2.24, 2.45) is 29.4 Å². The number of methoxy groups -OCH3 is 1. The van der Waals surface area contributed by atoms with Crippen molar-refractivity contribution in [3.05, 3.63) is 76.8 Å². The van der Waals surface area contributed by atoms with E-state index in [1.165, 1.54) is 0 Å². The maximum Gasteiger partial charge on any atom is 0.239 e. The van der Waals surface area contributed by atoms with Crippen LogP contribution in [0.2, 0.25) is 0 Å². The number of hydroxylamine groups is 1. The number of fused-ring (bicyclic) bond motifs is 1. The van der Waals surface area contributed by atoms with Crippen molar-refractivity contribution in [1.82, 2.24) is 20.6 Å². The molecule has 340 valence electrons. The minimum Gasteiger partial charge on any atom is -0.496 e. The Morgan fingerprint density at radius 1 is 1.06 bits per heavy atom. The van der Waals surface area contributed by atoms with E-state index in [9.17, 15) is 24.9 Å². The lowest BCUT2D eigenvalue weighted by molar-refractivity contribution is -0.185. The van der Waals surface area contributed by atoms with E-state index in [1.54, 1.807) is 30.6 Å². The number of unbranched alkanes of at least 4 members (excludes halogenated alkanes) is 3. The molecule has 0 aliphatic heterocycles. The first-order chi connectivity index (χ1) is 30.7. The molecule has 5 N–H and O–H groups in total. The third kappa shape index (κ3) is 11.7. The SMILES string of the molecule is COc1ccc2c(O[C@H]3CC(CC(=O)[C@H](CCCCC/C=C\[C@@H]4C[C@@H]4C(=O)NN(O)C4(C)CC4)Nc4ccc(C#N)cc4)CC[C@H](C(N)=O)C3)cc(-c3nc(C(C)C)cs3)nc2c1C. The molecule has 3 aliphatic carbocycles. The van der Waals surface area contributed by atoms with E-state index in [1.807, 2.05) is 44.2 Å². The van der Waals surface area contributed by atoms with E-state index in [2.05, 4.69) is 48.2 Å². The Hall–Kier alpha value is -5.36. The highest BCUT2D eigenvalue weighted by molar-refractivity contribution is 7.13. The standard InChI is InChI=1S/C50H63N7O6S/c1-30(2)42-29-64-49(55-42)41-27-45(38-19-20-44(62-5)31(3)46(38)54-41)63-37-23-33(13-16-35(25-37)47(52)59)24-43(58)40(53-36-17-14-32(28-51)15-18-36)12-10-8-6-7-9-11-34-26-39(34)48(60)56-57(61)50(4)21-22-50/h9,11,14-15,17-20,27,29-30,33-35,37,39-40,53,61H,6-8,10,12-13,16,21-26H2,1-5H3,(H2,52,59)(H,56,60)/b11-9-/t33?,34-,35+,37+,39+,40+/m1/s1. The van der Waals surface area contributed by atoms with Gasteiger partial charge in [0.2, 0.25) is 11.8 Å². The van der Waals surface area contributed by atoms with Gasteiger partial charge in [0.05, 0.1) is 47.6 Å². The van der Waals surface area contributed by atoms with Crippen molar-refractivity contribution in [2.45, 2.75) is 135 Å². The number of carbonyl (C=O) groups excluding carboxylic acids is 3. The van der Waals surface area contributed by atoms with E-state index in [4.69, 9.17) is 25.2 Å². The lowest BCUT2D eigenvalue weighted by Crippen LogP contribution is -2.47. The van der Waals surface area contributed by atoms with Gasteiger partial charge >= 0.3 is 0 Å². The molecular formula is C50H63N7O6S. The van der Waals surface area contributed by atoms with Crippen LogP contribution in [0.15, 0.2) is 60.0 Å². The molecule has 3 fully saturated rings. The summed E-state index contributed by atoms with van der Waals surface area (Å²) in [7, 11) is 1.64. The number of Topliss-reactive ketones (excluding diaryl/α,β-unsaturated/α-hetero) is 1. The van der Waals surface area contributed by atoms with Crippen molar-refractivity contribution in [3.63, 3.8) is 0 Å². The number of amides is 2. The van der Waals surface area contributed by atoms with Crippen LogP contribution in [0.3, 0.4) is 0 Å². The highest BCUT2D eigenvalue weighted by Gasteiger charge is 2.47.